The molecule has 146 valence electrons. The van der Waals surface area contributed by atoms with Crippen molar-refractivity contribution in [3.05, 3.63) is 96.1 Å². The van der Waals surface area contributed by atoms with Gasteiger partial charge in [-0.3, -0.25) is 0 Å². The van der Waals surface area contributed by atoms with Crippen LogP contribution in [0.5, 0.6) is 0 Å². The van der Waals surface area contributed by atoms with Crippen LogP contribution in [0.25, 0.3) is 33.0 Å². The molecule has 4 rings (SSSR count). The van der Waals surface area contributed by atoms with Crippen LogP contribution in [0.4, 0.5) is 0 Å². The van der Waals surface area contributed by atoms with Gasteiger partial charge in [0.15, 0.2) is 0 Å². The van der Waals surface area contributed by atoms with Crippen LogP contribution in [0.2, 0.25) is 0 Å². The third kappa shape index (κ3) is 4.77. The lowest BCUT2D eigenvalue weighted by atomic mass is 9.96. The van der Waals surface area contributed by atoms with Gasteiger partial charge >= 0.3 is 0 Å². The highest BCUT2D eigenvalue weighted by atomic mass is 14.1. The van der Waals surface area contributed by atoms with Crippen molar-refractivity contribution in [3.8, 4) is 22.3 Å². The monoisotopic (exact) mass is 378 g/mol. The maximum Gasteiger partial charge on any atom is -0.0178 e. The topological polar surface area (TPSA) is 0 Å². The predicted molar refractivity (Wildman–Crippen MR) is 127 cm³/mol. The summed E-state index contributed by atoms with van der Waals surface area (Å²) in [6, 6.07) is 31.5. The van der Waals surface area contributed by atoms with Crippen molar-refractivity contribution in [2.75, 3.05) is 0 Å². The molecule has 0 heterocycles. The third-order valence-corrected chi connectivity index (χ3v) is 5.83. The molecule has 0 bridgehead atoms. The van der Waals surface area contributed by atoms with Gasteiger partial charge in [0, 0.05) is 0 Å². The van der Waals surface area contributed by atoms with E-state index in [4.69, 9.17) is 0 Å². The van der Waals surface area contributed by atoms with Gasteiger partial charge in [0.1, 0.15) is 0 Å². The highest BCUT2D eigenvalue weighted by Gasteiger charge is 2.03. The SMILES string of the molecule is CCCCCCc1ccc2cc(-c3ccc(-c4ccc(C)cc4)cc3)ccc2c1. The zero-order valence-corrected chi connectivity index (χ0v) is 17.6. The Bertz CT molecular complexity index is 1070. The minimum atomic E-state index is 1.19. The summed E-state index contributed by atoms with van der Waals surface area (Å²) in [5.74, 6) is 0. The van der Waals surface area contributed by atoms with E-state index in [9.17, 15) is 0 Å². The Hall–Kier alpha value is -2.86. The van der Waals surface area contributed by atoms with Gasteiger partial charge in [-0.05, 0) is 64.4 Å². The Labute approximate surface area is 175 Å². The zero-order valence-electron chi connectivity index (χ0n) is 17.6. The van der Waals surface area contributed by atoms with E-state index in [1.54, 1.807) is 0 Å². The number of benzene rings is 4. The third-order valence-electron chi connectivity index (χ3n) is 5.83. The maximum absolute atomic E-state index is 2.37. The van der Waals surface area contributed by atoms with E-state index in [0.717, 1.165) is 0 Å². The van der Waals surface area contributed by atoms with E-state index < -0.39 is 0 Å². The fourth-order valence-electron chi connectivity index (χ4n) is 3.99. The van der Waals surface area contributed by atoms with Gasteiger partial charge in [-0.1, -0.05) is 111 Å². The lowest BCUT2D eigenvalue weighted by molar-refractivity contribution is 0.667. The second-order valence-electron chi connectivity index (χ2n) is 8.15. The average molecular weight is 379 g/mol. The van der Waals surface area contributed by atoms with Gasteiger partial charge in [0.25, 0.3) is 0 Å². The summed E-state index contributed by atoms with van der Waals surface area (Å²) < 4.78 is 0. The summed E-state index contributed by atoms with van der Waals surface area (Å²) in [6.45, 7) is 4.39. The summed E-state index contributed by atoms with van der Waals surface area (Å²) in [6.07, 6.45) is 6.47. The molecule has 0 saturated carbocycles. The van der Waals surface area contributed by atoms with Crippen molar-refractivity contribution in [2.45, 2.75) is 46.0 Å². The van der Waals surface area contributed by atoms with Crippen LogP contribution in [0.3, 0.4) is 0 Å². The molecule has 0 heteroatoms. The van der Waals surface area contributed by atoms with Crippen LogP contribution in [-0.2, 0) is 6.42 Å². The molecule has 0 N–H and O–H groups in total. The molecule has 0 amide bonds. The first-order valence-electron chi connectivity index (χ1n) is 10.9. The minimum absolute atomic E-state index is 1.19. The van der Waals surface area contributed by atoms with Gasteiger partial charge in [0.2, 0.25) is 0 Å². The predicted octanol–water partition coefficient (Wildman–Crippen LogP) is 8.61. The number of hydrogen-bond acceptors (Lipinski definition) is 0. The van der Waals surface area contributed by atoms with E-state index in [2.05, 4.69) is 98.8 Å². The second-order valence-corrected chi connectivity index (χ2v) is 8.15. The van der Waals surface area contributed by atoms with Crippen LogP contribution < -0.4 is 0 Å². The van der Waals surface area contributed by atoms with Crippen molar-refractivity contribution >= 4 is 10.8 Å². The van der Waals surface area contributed by atoms with Gasteiger partial charge in [-0.15, -0.1) is 0 Å². The summed E-state index contributed by atoms with van der Waals surface area (Å²) in [7, 11) is 0. The largest absolute Gasteiger partial charge is 0.0654 e. The first-order valence-corrected chi connectivity index (χ1v) is 10.9. The van der Waals surface area contributed by atoms with Crippen molar-refractivity contribution < 1.29 is 0 Å². The fourth-order valence-corrected chi connectivity index (χ4v) is 3.99. The van der Waals surface area contributed by atoms with Gasteiger partial charge in [0.05, 0.1) is 0 Å². The Morgan fingerprint density at radius 1 is 0.517 bits per heavy atom. The highest BCUT2D eigenvalue weighted by molar-refractivity contribution is 5.88. The molecule has 4 aromatic carbocycles. The molecule has 0 atom stereocenters. The van der Waals surface area contributed by atoms with E-state index in [1.165, 1.54) is 76.3 Å². The van der Waals surface area contributed by atoms with Crippen LogP contribution in [0, 0.1) is 6.92 Å². The zero-order chi connectivity index (χ0) is 20.1. The molecule has 0 aliphatic carbocycles. The van der Waals surface area contributed by atoms with E-state index in [-0.39, 0.29) is 0 Å². The van der Waals surface area contributed by atoms with Crippen molar-refractivity contribution in [1.82, 2.24) is 0 Å². The van der Waals surface area contributed by atoms with Gasteiger partial charge < -0.3 is 0 Å². The molecule has 0 aromatic heterocycles. The van der Waals surface area contributed by atoms with Gasteiger partial charge in [-0.2, -0.15) is 0 Å². The quantitative estimate of drug-likeness (QED) is 0.282. The van der Waals surface area contributed by atoms with Crippen LogP contribution in [0.1, 0.15) is 43.7 Å². The van der Waals surface area contributed by atoms with Crippen molar-refractivity contribution in [1.29, 1.82) is 0 Å². The Morgan fingerprint density at radius 3 is 1.76 bits per heavy atom. The number of fused-ring (bicyclic) bond motifs is 1. The summed E-state index contributed by atoms with van der Waals surface area (Å²) in [4.78, 5) is 0. The molecule has 4 aromatic rings. The van der Waals surface area contributed by atoms with E-state index in [1.807, 2.05) is 0 Å². The molecular formula is C29H30. The average Bonchev–Trinajstić information content (AvgIpc) is 2.77. The molecule has 0 saturated heterocycles. The summed E-state index contributed by atoms with van der Waals surface area (Å²) in [5.41, 5.74) is 7.85. The Kier molecular flexibility index (Phi) is 6.10. The number of aryl methyl sites for hydroxylation is 2. The molecule has 29 heavy (non-hydrogen) atoms. The number of rotatable bonds is 7. The Morgan fingerprint density at radius 2 is 1.07 bits per heavy atom. The van der Waals surface area contributed by atoms with Crippen LogP contribution >= 0.6 is 0 Å². The smallest absolute Gasteiger partial charge is 0.0178 e. The molecule has 0 spiro atoms. The van der Waals surface area contributed by atoms with Gasteiger partial charge in [-0.25, -0.2) is 0 Å². The lowest BCUT2D eigenvalue weighted by Gasteiger charge is -2.08. The molecular weight excluding hydrogens is 348 g/mol. The fraction of sp³-hybridized carbons (Fsp3) is 0.241. The number of hydrogen-bond donors (Lipinski definition) is 0. The Balaban J connectivity index is 1.52. The maximum atomic E-state index is 2.37. The van der Waals surface area contributed by atoms with Crippen molar-refractivity contribution in [2.24, 2.45) is 0 Å². The van der Waals surface area contributed by atoms with Crippen LogP contribution in [-0.4, -0.2) is 0 Å². The molecule has 0 fully saturated rings. The molecule has 0 aliphatic heterocycles. The summed E-state index contributed by atoms with van der Waals surface area (Å²) >= 11 is 0. The standard InChI is InChI=1S/C29H30/c1-3-4-5-6-7-23-10-13-29-21-28(19-18-27(29)20-23)26-16-14-25(15-17-26)24-11-8-22(2)9-12-24/h8-21H,3-7H2,1-2H3. The van der Waals surface area contributed by atoms with Crippen molar-refractivity contribution in [3.63, 3.8) is 0 Å². The molecule has 0 unspecified atom stereocenters. The lowest BCUT2D eigenvalue weighted by Crippen LogP contribution is -1.87. The molecule has 0 nitrogen and oxygen atoms in total. The normalized spacial score (nSPS) is 11.1. The van der Waals surface area contributed by atoms with E-state index in [0.29, 0.717) is 0 Å². The first kappa shape index (κ1) is 19.5. The second kappa shape index (κ2) is 9.09. The number of unbranched alkanes of at least 4 members (excludes halogenated alkanes) is 3. The minimum Gasteiger partial charge on any atom is -0.0654 e. The molecule has 0 radical (unpaired) electrons. The first-order chi connectivity index (χ1) is 14.2. The van der Waals surface area contributed by atoms with Crippen LogP contribution in [0.15, 0.2) is 84.9 Å². The highest BCUT2D eigenvalue weighted by Crippen LogP contribution is 2.28. The molecule has 0 aliphatic rings. The summed E-state index contributed by atoms with van der Waals surface area (Å²) in [5, 5.41) is 2.67. The van der Waals surface area contributed by atoms with E-state index >= 15 is 0 Å².